The highest BCUT2D eigenvalue weighted by Gasteiger charge is 1.96. The Kier molecular flexibility index (Phi) is 3.04. The van der Waals surface area contributed by atoms with Crippen LogP contribution in [0.15, 0.2) is 22.8 Å². The van der Waals surface area contributed by atoms with E-state index in [-0.39, 0.29) is 0 Å². The first kappa shape index (κ1) is 8.99. The topological polar surface area (TPSA) is 68.0 Å². The summed E-state index contributed by atoms with van der Waals surface area (Å²) >= 11 is 3.21. The van der Waals surface area contributed by atoms with Crippen molar-refractivity contribution in [3.8, 4) is 0 Å². The smallest absolute Gasteiger partial charge is 0.312 e. The summed E-state index contributed by atoms with van der Waals surface area (Å²) in [5, 5.41) is 2.44. The van der Waals surface area contributed by atoms with Crippen LogP contribution in [-0.4, -0.2) is 11.0 Å². The first-order valence-electron chi connectivity index (χ1n) is 3.33. The van der Waals surface area contributed by atoms with Crippen molar-refractivity contribution < 1.29 is 4.79 Å². The zero-order valence-corrected chi connectivity index (χ0v) is 7.84. The molecule has 0 spiro atoms. The van der Waals surface area contributed by atoms with E-state index < -0.39 is 6.03 Å². The summed E-state index contributed by atoms with van der Waals surface area (Å²) in [4.78, 5) is 14.4. The molecule has 12 heavy (non-hydrogen) atoms. The molecule has 4 nitrogen and oxygen atoms in total. The molecule has 2 amide bonds. The summed E-state index contributed by atoms with van der Waals surface area (Å²) in [6.45, 7) is 0.356. The van der Waals surface area contributed by atoms with Gasteiger partial charge < -0.3 is 11.1 Å². The number of hydrogen-bond donors (Lipinski definition) is 2. The molecule has 64 valence electrons. The highest BCUT2D eigenvalue weighted by molar-refractivity contribution is 9.10. The Morgan fingerprint density at radius 1 is 1.67 bits per heavy atom. The summed E-state index contributed by atoms with van der Waals surface area (Å²) in [6.07, 6.45) is 0. The van der Waals surface area contributed by atoms with Gasteiger partial charge in [0, 0.05) is 0 Å². The monoisotopic (exact) mass is 229 g/mol. The van der Waals surface area contributed by atoms with E-state index in [0.717, 1.165) is 10.3 Å². The molecule has 0 unspecified atom stereocenters. The molecule has 3 N–H and O–H groups in total. The van der Waals surface area contributed by atoms with E-state index >= 15 is 0 Å². The average Bonchev–Trinajstić information content (AvgIpc) is 2.01. The van der Waals surface area contributed by atoms with E-state index in [2.05, 4.69) is 26.2 Å². The first-order chi connectivity index (χ1) is 5.68. The van der Waals surface area contributed by atoms with Crippen molar-refractivity contribution in [1.29, 1.82) is 0 Å². The summed E-state index contributed by atoms with van der Waals surface area (Å²) in [5.74, 6) is 0. The van der Waals surface area contributed by atoms with Crippen LogP contribution in [0.5, 0.6) is 0 Å². The minimum Gasteiger partial charge on any atom is -0.352 e. The van der Waals surface area contributed by atoms with Gasteiger partial charge in [0.2, 0.25) is 0 Å². The van der Waals surface area contributed by atoms with Crippen LogP contribution in [0.3, 0.4) is 0 Å². The van der Waals surface area contributed by atoms with E-state index in [4.69, 9.17) is 5.73 Å². The number of nitrogens with zero attached hydrogens (tertiary/aromatic N) is 1. The quantitative estimate of drug-likeness (QED) is 0.744. The maximum atomic E-state index is 10.3. The standard InChI is InChI=1S/C7H8BrN3O/c8-6-3-1-2-5(11-6)4-10-7(9)12/h1-3H,4H2,(H3,9,10,12). The second kappa shape index (κ2) is 4.06. The predicted molar refractivity (Wildman–Crippen MR) is 48.4 cm³/mol. The molecule has 1 aromatic rings. The molecule has 0 aliphatic rings. The molecular formula is C7H8BrN3O. The summed E-state index contributed by atoms with van der Waals surface area (Å²) < 4.78 is 0.742. The Morgan fingerprint density at radius 3 is 3.00 bits per heavy atom. The van der Waals surface area contributed by atoms with E-state index in [9.17, 15) is 4.79 Å². The Hall–Kier alpha value is -1.10. The third-order valence-electron chi connectivity index (χ3n) is 1.22. The molecule has 0 aliphatic heterocycles. The zero-order chi connectivity index (χ0) is 8.97. The van der Waals surface area contributed by atoms with Crippen LogP contribution in [0.1, 0.15) is 5.69 Å². The number of carbonyl (C=O) groups excluding carboxylic acids is 1. The molecule has 1 rings (SSSR count). The molecule has 0 bridgehead atoms. The van der Waals surface area contributed by atoms with Gasteiger partial charge >= 0.3 is 6.03 Å². The second-order valence-corrected chi connectivity index (χ2v) is 2.98. The van der Waals surface area contributed by atoms with Crippen molar-refractivity contribution in [3.63, 3.8) is 0 Å². The normalized spacial score (nSPS) is 9.42. The number of aromatic nitrogens is 1. The lowest BCUT2D eigenvalue weighted by molar-refractivity contribution is 0.248. The fourth-order valence-corrected chi connectivity index (χ4v) is 1.11. The fourth-order valence-electron chi connectivity index (χ4n) is 0.726. The van der Waals surface area contributed by atoms with Gasteiger partial charge in [-0.05, 0) is 28.1 Å². The third kappa shape index (κ3) is 2.87. The molecular weight excluding hydrogens is 222 g/mol. The Labute approximate surface area is 78.3 Å². The Balaban J connectivity index is 2.57. The zero-order valence-electron chi connectivity index (χ0n) is 6.25. The molecule has 1 aromatic heterocycles. The number of urea groups is 1. The van der Waals surface area contributed by atoms with Gasteiger partial charge in [-0.1, -0.05) is 6.07 Å². The van der Waals surface area contributed by atoms with Crippen LogP contribution in [0.4, 0.5) is 4.79 Å². The van der Waals surface area contributed by atoms with E-state index in [1.807, 2.05) is 12.1 Å². The molecule has 0 saturated carbocycles. The molecule has 0 fully saturated rings. The molecule has 0 atom stereocenters. The number of rotatable bonds is 2. The number of halogens is 1. The van der Waals surface area contributed by atoms with Crippen LogP contribution in [0.2, 0.25) is 0 Å². The van der Waals surface area contributed by atoms with Gasteiger partial charge in [0.25, 0.3) is 0 Å². The number of nitrogens with two attached hydrogens (primary N) is 1. The summed E-state index contributed by atoms with van der Waals surface area (Å²) in [6, 6.07) is 4.92. The second-order valence-electron chi connectivity index (χ2n) is 2.17. The Bertz CT molecular complexity index is 290. The van der Waals surface area contributed by atoms with Gasteiger partial charge in [-0.2, -0.15) is 0 Å². The SMILES string of the molecule is NC(=O)NCc1cccc(Br)n1. The van der Waals surface area contributed by atoms with Crippen molar-refractivity contribution >= 4 is 22.0 Å². The van der Waals surface area contributed by atoms with Crippen LogP contribution in [0.25, 0.3) is 0 Å². The maximum Gasteiger partial charge on any atom is 0.312 e. The van der Waals surface area contributed by atoms with E-state index in [1.54, 1.807) is 6.07 Å². The number of amides is 2. The van der Waals surface area contributed by atoms with Crippen LogP contribution in [-0.2, 0) is 6.54 Å². The van der Waals surface area contributed by atoms with Crippen molar-refractivity contribution in [3.05, 3.63) is 28.5 Å². The number of carbonyl (C=O) groups is 1. The highest BCUT2D eigenvalue weighted by atomic mass is 79.9. The highest BCUT2D eigenvalue weighted by Crippen LogP contribution is 2.05. The van der Waals surface area contributed by atoms with Gasteiger partial charge in [0.15, 0.2) is 0 Å². The minimum atomic E-state index is -0.545. The van der Waals surface area contributed by atoms with E-state index in [0.29, 0.717) is 6.54 Å². The molecule has 5 heteroatoms. The van der Waals surface area contributed by atoms with Crippen LogP contribution in [0, 0.1) is 0 Å². The minimum absolute atomic E-state index is 0.356. The number of nitrogens with one attached hydrogen (secondary N) is 1. The molecule has 0 saturated heterocycles. The number of pyridine rings is 1. The van der Waals surface area contributed by atoms with Crippen molar-refractivity contribution in [2.24, 2.45) is 5.73 Å². The largest absolute Gasteiger partial charge is 0.352 e. The summed E-state index contributed by atoms with van der Waals surface area (Å²) in [5.41, 5.74) is 5.66. The van der Waals surface area contributed by atoms with Gasteiger partial charge in [-0.3, -0.25) is 0 Å². The molecule has 1 heterocycles. The maximum absolute atomic E-state index is 10.3. The van der Waals surface area contributed by atoms with Crippen LogP contribution >= 0.6 is 15.9 Å². The van der Waals surface area contributed by atoms with Crippen molar-refractivity contribution in [2.45, 2.75) is 6.54 Å². The lowest BCUT2D eigenvalue weighted by Gasteiger charge is -2.00. The van der Waals surface area contributed by atoms with Gasteiger partial charge in [0.1, 0.15) is 4.60 Å². The van der Waals surface area contributed by atoms with Crippen LogP contribution < -0.4 is 11.1 Å². The Morgan fingerprint density at radius 2 is 2.42 bits per heavy atom. The number of hydrogen-bond acceptors (Lipinski definition) is 2. The molecule has 0 radical (unpaired) electrons. The number of primary amides is 1. The van der Waals surface area contributed by atoms with E-state index in [1.165, 1.54) is 0 Å². The lowest BCUT2D eigenvalue weighted by Crippen LogP contribution is -2.28. The molecule has 0 aromatic carbocycles. The van der Waals surface area contributed by atoms with Gasteiger partial charge in [-0.25, -0.2) is 9.78 Å². The molecule has 0 aliphatic carbocycles. The predicted octanol–water partition coefficient (Wildman–Crippen LogP) is 1.01. The van der Waals surface area contributed by atoms with Crippen molar-refractivity contribution in [2.75, 3.05) is 0 Å². The average molecular weight is 230 g/mol. The van der Waals surface area contributed by atoms with Gasteiger partial charge in [0.05, 0.1) is 12.2 Å². The summed E-state index contributed by atoms with van der Waals surface area (Å²) in [7, 11) is 0. The lowest BCUT2D eigenvalue weighted by atomic mass is 10.3. The first-order valence-corrected chi connectivity index (χ1v) is 4.12. The van der Waals surface area contributed by atoms with Gasteiger partial charge in [-0.15, -0.1) is 0 Å². The fraction of sp³-hybridized carbons (Fsp3) is 0.143. The van der Waals surface area contributed by atoms with Crippen molar-refractivity contribution in [1.82, 2.24) is 10.3 Å². The third-order valence-corrected chi connectivity index (χ3v) is 1.66.